The highest BCUT2D eigenvalue weighted by atomic mass is 16.5. The van der Waals surface area contributed by atoms with E-state index in [1.54, 1.807) is 9.80 Å². The zero-order chi connectivity index (χ0) is 17.3. The molecule has 4 nitrogen and oxygen atoms in total. The van der Waals surface area contributed by atoms with Gasteiger partial charge in [0.15, 0.2) is 0 Å². The number of rotatable bonds is 4. The number of quaternary nitrogens is 2. The molecule has 4 rings (SSSR count). The van der Waals surface area contributed by atoms with Gasteiger partial charge in [-0.2, -0.15) is 0 Å². The van der Waals surface area contributed by atoms with Crippen LogP contribution in [0.25, 0.3) is 0 Å². The monoisotopic (exact) mass is 344 g/mol. The van der Waals surface area contributed by atoms with E-state index in [-0.39, 0.29) is 11.9 Å². The van der Waals surface area contributed by atoms with E-state index in [1.807, 2.05) is 6.92 Å². The number of esters is 1. The predicted molar refractivity (Wildman–Crippen MR) is 96.4 cm³/mol. The molecule has 0 aliphatic carbocycles. The molecule has 3 fully saturated rings. The third kappa shape index (κ3) is 3.22. The van der Waals surface area contributed by atoms with Gasteiger partial charge in [-0.15, -0.1) is 0 Å². The topological polar surface area (TPSA) is 35.2 Å². The van der Waals surface area contributed by atoms with Crippen LogP contribution < -0.4 is 9.80 Å². The highest BCUT2D eigenvalue weighted by Crippen LogP contribution is 2.35. The van der Waals surface area contributed by atoms with Gasteiger partial charge in [-0.1, -0.05) is 30.3 Å². The second-order valence-electron chi connectivity index (χ2n) is 8.28. The largest absolute Gasteiger partial charge is 0.466 e. The number of carbonyl (C=O) groups is 1. The lowest BCUT2D eigenvalue weighted by atomic mass is 9.81. The molecule has 0 radical (unpaired) electrons. The molecule has 136 valence electrons. The van der Waals surface area contributed by atoms with Gasteiger partial charge in [0, 0.05) is 24.8 Å². The summed E-state index contributed by atoms with van der Waals surface area (Å²) < 4.78 is 5.41. The summed E-state index contributed by atoms with van der Waals surface area (Å²) >= 11 is 0. The van der Waals surface area contributed by atoms with Crippen molar-refractivity contribution in [2.45, 2.75) is 57.2 Å². The Morgan fingerprint density at radius 3 is 2.68 bits per heavy atom. The van der Waals surface area contributed by atoms with Crippen molar-refractivity contribution in [3.05, 3.63) is 35.9 Å². The van der Waals surface area contributed by atoms with Gasteiger partial charge < -0.3 is 14.5 Å². The highest BCUT2D eigenvalue weighted by molar-refractivity contribution is 5.73. The molecular formula is C21H32N2O2+2. The van der Waals surface area contributed by atoms with E-state index in [0.29, 0.717) is 18.2 Å². The van der Waals surface area contributed by atoms with Crippen LogP contribution in [0.5, 0.6) is 0 Å². The Hall–Kier alpha value is -1.39. The van der Waals surface area contributed by atoms with E-state index in [0.717, 1.165) is 13.0 Å². The Morgan fingerprint density at radius 1 is 1.20 bits per heavy atom. The molecule has 3 saturated heterocycles. The van der Waals surface area contributed by atoms with E-state index >= 15 is 0 Å². The summed E-state index contributed by atoms with van der Waals surface area (Å²) in [6.45, 7) is 7.31. The molecular weight excluding hydrogens is 312 g/mol. The summed E-state index contributed by atoms with van der Waals surface area (Å²) in [6, 6.07) is 11.4. The van der Waals surface area contributed by atoms with Crippen LogP contribution in [0.15, 0.2) is 30.3 Å². The SMILES string of the molecule is CCOC(=O)[C@@H]1CC2(CC[NH+](Cc3ccccc3)CC2)[NH+]2CCC[C@H]12. The molecule has 0 bridgehead atoms. The fourth-order valence-corrected chi connectivity index (χ4v) is 5.83. The van der Waals surface area contributed by atoms with Crippen molar-refractivity contribution < 1.29 is 19.3 Å². The summed E-state index contributed by atoms with van der Waals surface area (Å²) in [4.78, 5) is 15.9. The normalized spacial score (nSPS) is 37.2. The molecule has 1 aromatic carbocycles. The summed E-state index contributed by atoms with van der Waals surface area (Å²) in [5.41, 5.74) is 1.79. The van der Waals surface area contributed by atoms with Crippen LogP contribution in [0.2, 0.25) is 0 Å². The maximum Gasteiger partial charge on any atom is 0.315 e. The third-order valence-electron chi connectivity index (χ3n) is 6.99. The van der Waals surface area contributed by atoms with Crippen molar-refractivity contribution in [1.29, 1.82) is 0 Å². The van der Waals surface area contributed by atoms with Crippen LogP contribution in [0.3, 0.4) is 0 Å². The Labute approximate surface area is 151 Å². The van der Waals surface area contributed by atoms with E-state index in [4.69, 9.17) is 4.74 Å². The van der Waals surface area contributed by atoms with E-state index in [9.17, 15) is 4.79 Å². The standard InChI is InChI=1S/C21H30N2O2/c1-2-25-20(24)18-15-21(23-12-6-9-19(18)23)10-13-22(14-11-21)16-17-7-4-3-5-8-17/h3-5,7-8,18-19H,2,6,9-16H2,1H3/p+2/t18-,19-/m1/s1. The lowest BCUT2D eigenvalue weighted by Gasteiger charge is -2.40. The van der Waals surface area contributed by atoms with Gasteiger partial charge in [0.1, 0.15) is 24.0 Å². The quantitative estimate of drug-likeness (QED) is 0.768. The van der Waals surface area contributed by atoms with Crippen molar-refractivity contribution in [3.63, 3.8) is 0 Å². The van der Waals surface area contributed by atoms with Crippen LogP contribution in [-0.2, 0) is 16.1 Å². The van der Waals surface area contributed by atoms with Crippen LogP contribution in [-0.4, -0.2) is 43.8 Å². The first-order valence-corrected chi connectivity index (χ1v) is 10.1. The summed E-state index contributed by atoms with van der Waals surface area (Å²) in [5, 5.41) is 0. The second-order valence-corrected chi connectivity index (χ2v) is 8.28. The van der Waals surface area contributed by atoms with Crippen molar-refractivity contribution in [3.8, 4) is 0 Å². The van der Waals surface area contributed by atoms with Gasteiger partial charge in [0.05, 0.1) is 39.1 Å². The maximum atomic E-state index is 12.5. The van der Waals surface area contributed by atoms with E-state index < -0.39 is 0 Å². The number of hydrogen-bond donors (Lipinski definition) is 2. The van der Waals surface area contributed by atoms with Crippen molar-refractivity contribution >= 4 is 5.97 Å². The number of nitrogens with one attached hydrogen (secondary N) is 2. The molecule has 0 aromatic heterocycles. The maximum absolute atomic E-state index is 12.5. The smallest absolute Gasteiger partial charge is 0.315 e. The first kappa shape index (κ1) is 17.0. The number of benzene rings is 1. The fraction of sp³-hybridized carbons (Fsp3) is 0.667. The van der Waals surface area contributed by atoms with Crippen LogP contribution in [0, 0.1) is 5.92 Å². The van der Waals surface area contributed by atoms with Crippen LogP contribution in [0.4, 0.5) is 0 Å². The number of likely N-dealkylation sites (tertiary alicyclic amines) is 1. The molecule has 0 saturated carbocycles. The lowest BCUT2D eigenvalue weighted by molar-refractivity contribution is -0.981. The summed E-state index contributed by atoms with van der Waals surface area (Å²) in [6.07, 6.45) is 6.07. The van der Waals surface area contributed by atoms with Crippen LogP contribution in [0.1, 0.15) is 44.6 Å². The highest BCUT2D eigenvalue weighted by Gasteiger charge is 2.61. The Morgan fingerprint density at radius 2 is 1.96 bits per heavy atom. The molecule has 25 heavy (non-hydrogen) atoms. The molecule has 1 aromatic rings. The molecule has 3 aliphatic rings. The fourth-order valence-electron chi connectivity index (χ4n) is 5.83. The summed E-state index contributed by atoms with van der Waals surface area (Å²) in [7, 11) is 0. The Kier molecular flexibility index (Phi) is 4.83. The zero-order valence-electron chi connectivity index (χ0n) is 15.4. The molecule has 3 heterocycles. The molecule has 4 heteroatoms. The second kappa shape index (κ2) is 7.08. The Balaban J connectivity index is 1.42. The lowest BCUT2D eigenvalue weighted by Crippen LogP contribution is -3.23. The first-order valence-electron chi connectivity index (χ1n) is 10.1. The van der Waals surface area contributed by atoms with Gasteiger partial charge in [-0.05, 0) is 6.92 Å². The number of hydrogen-bond acceptors (Lipinski definition) is 2. The zero-order valence-corrected chi connectivity index (χ0v) is 15.4. The molecule has 1 spiro atoms. The van der Waals surface area contributed by atoms with Crippen LogP contribution >= 0.6 is 0 Å². The molecule has 3 atom stereocenters. The van der Waals surface area contributed by atoms with Gasteiger partial charge in [0.25, 0.3) is 0 Å². The minimum Gasteiger partial charge on any atom is -0.466 e. The van der Waals surface area contributed by atoms with Gasteiger partial charge >= 0.3 is 5.97 Å². The Bertz CT molecular complexity index is 595. The van der Waals surface area contributed by atoms with E-state index in [1.165, 1.54) is 50.9 Å². The number of ether oxygens (including phenoxy) is 1. The van der Waals surface area contributed by atoms with Gasteiger partial charge in [0.2, 0.25) is 0 Å². The molecule has 0 amide bonds. The molecule has 2 N–H and O–H groups in total. The average molecular weight is 344 g/mol. The third-order valence-corrected chi connectivity index (χ3v) is 6.99. The summed E-state index contributed by atoms with van der Waals surface area (Å²) in [5.74, 6) is 0.218. The minimum absolute atomic E-state index is 0.0721. The molecule has 1 unspecified atom stereocenters. The van der Waals surface area contributed by atoms with Gasteiger partial charge in [-0.25, -0.2) is 0 Å². The van der Waals surface area contributed by atoms with Crippen molar-refractivity contribution in [2.24, 2.45) is 5.92 Å². The number of carbonyl (C=O) groups excluding carboxylic acids is 1. The number of fused-ring (bicyclic) bond motifs is 2. The van der Waals surface area contributed by atoms with Gasteiger partial charge in [-0.3, -0.25) is 4.79 Å². The van der Waals surface area contributed by atoms with Crippen molar-refractivity contribution in [2.75, 3.05) is 26.2 Å². The predicted octanol–water partition coefficient (Wildman–Crippen LogP) is 0.234. The first-order chi connectivity index (χ1) is 12.2. The minimum atomic E-state index is 0.0721. The molecule has 3 aliphatic heterocycles. The average Bonchev–Trinajstić information content (AvgIpc) is 3.22. The van der Waals surface area contributed by atoms with E-state index in [2.05, 4.69) is 30.3 Å². The number of piperidine rings is 1. The van der Waals surface area contributed by atoms with Crippen molar-refractivity contribution in [1.82, 2.24) is 0 Å².